The molecule has 0 amide bonds. The maximum atomic E-state index is 12.0. The van der Waals surface area contributed by atoms with Gasteiger partial charge in [-0.2, -0.15) is 0 Å². The summed E-state index contributed by atoms with van der Waals surface area (Å²) in [5.74, 6) is 0.427. The Balaban J connectivity index is 2.94. The summed E-state index contributed by atoms with van der Waals surface area (Å²) in [4.78, 5) is 12.0. The lowest BCUT2D eigenvalue weighted by atomic mass is 10.0. The van der Waals surface area contributed by atoms with Crippen LogP contribution in [-0.2, 0) is 16.0 Å². The van der Waals surface area contributed by atoms with Crippen LogP contribution >= 0.6 is 0 Å². The van der Waals surface area contributed by atoms with E-state index in [-0.39, 0.29) is 12.0 Å². The number of carbonyl (C=O) groups excluding carboxylic acids is 1. The second-order valence-corrected chi connectivity index (χ2v) is 5.44. The van der Waals surface area contributed by atoms with E-state index in [1.165, 1.54) is 0 Å². The van der Waals surface area contributed by atoms with E-state index in [9.17, 15) is 4.79 Å². The molecule has 0 saturated heterocycles. The van der Waals surface area contributed by atoms with Crippen LogP contribution in [0.1, 0.15) is 44.7 Å². The van der Waals surface area contributed by atoms with Gasteiger partial charge in [0.15, 0.2) is 6.10 Å². The van der Waals surface area contributed by atoms with Crippen LogP contribution < -0.4 is 10.5 Å². The van der Waals surface area contributed by atoms with Crippen molar-refractivity contribution in [2.24, 2.45) is 5.73 Å². The summed E-state index contributed by atoms with van der Waals surface area (Å²) < 4.78 is 11.0. The zero-order chi connectivity index (χ0) is 15.8. The smallest absolute Gasteiger partial charge is 0.347 e. The molecule has 2 atom stereocenters. The second kappa shape index (κ2) is 8.67. The van der Waals surface area contributed by atoms with Crippen molar-refractivity contribution in [2.75, 3.05) is 6.61 Å². The largest absolute Gasteiger partial charge is 0.478 e. The fourth-order valence-electron chi connectivity index (χ4n) is 2.21. The first kappa shape index (κ1) is 17.5. The predicted octanol–water partition coefficient (Wildman–Crippen LogP) is 3.00. The van der Waals surface area contributed by atoms with Crippen molar-refractivity contribution < 1.29 is 14.3 Å². The normalized spacial score (nSPS) is 13.6. The number of hydrogen-bond donors (Lipinski definition) is 1. The molecule has 0 saturated carbocycles. The molecule has 21 heavy (non-hydrogen) atoms. The fourth-order valence-corrected chi connectivity index (χ4v) is 2.21. The molecule has 4 heteroatoms. The Kier molecular flexibility index (Phi) is 7.23. The molecule has 1 aromatic rings. The van der Waals surface area contributed by atoms with E-state index in [4.69, 9.17) is 15.2 Å². The van der Waals surface area contributed by atoms with Crippen molar-refractivity contribution in [3.63, 3.8) is 0 Å². The van der Waals surface area contributed by atoms with Crippen LogP contribution in [0.3, 0.4) is 0 Å². The summed E-state index contributed by atoms with van der Waals surface area (Å²) in [6.07, 6.45) is 1.67. The van der Waals surface area contributed by atoms with Crippen molar-refractivity contribution in [3.8, 4) is 5.75 Å². The number of ether oxygens (including phenoxy) is 2. The summed E-state index contributed by atoms with van der Waals surface area (Å²) >= 11 is 0. The van der Waals surface area contributed by atoms with Crippen molar-refractivity contribution in [2.45, 2.75) is 59.1 Å². The third-order valence-electron chi connectivity index (χ3n) is 3.13. The minimum atomic E-state index is -0.551. The predicted molar refractivity (Wildman–Crippen MR) is 84.5 cm³/mol. The number of nitrogens with two attached hydrogens (primary N) is 1. The van der Waals surface area contributed by atoms with E-state index in [2.05, 4.69) is 6.07 Å². The number of rotatable bonds is 8. The molecule has 1 rings (SSSR count). The van der Waals surface area contributed by atoms with Gasteiger partial charge in [0.1, 0.15) is 5.75 Å². The van der Waals surface area contributed by atoms with Crippen LogP contribution in [0.5, 0.6) is 5.75 Å². The van der Waals surface area contributed by atoms with Crippen molar-refractivity contribution in [1.82, 2.24) is 0 Å². The van der Waals surface area contributed by atoms with Gasteiger partial charge >= 0.3 is 5.97 Å². The van der Waals surface area contributed by atoms with Crippen molar-refractivity contribution in [3.05, 3.63) is 29.3 Å². The summed E-state index contributed by atoms with van der Waals surface area (Å²) in [5, 5.41) is 0. The Morgan fingerprint density at radius 1 is 1.33 bits per heavy atom. The highest BCUT2D eigenvalue weighted by Gasteiger charge is 2.22. The average Bonchev–Trinajstić information content (AvgIpc) is 2.40. The minimum absolute atomic E-state index is 0.0429. The number of benzene rings is 1. The van der Waals surface area contributed by atoms with Gasteiger partial charge in [-0.05, 0) is 45.2 Å². The van der Waals surface area contributed by atoms with Crippen LogP contribution in [0.2, 0.25) is 0 Å². The van der Waals surface area contributed by atoms with Crippen molar-refractivity contribution in [1.29, 1.82) is 0 Å². The second-order valence-electron chi connectivity index (χ2n) is 5.44. The first-order valence-corrected chi connectivity index (χ1v) is 7.66. The quantitative estimate of drug-likeness (QED) is 0.748. The molecule has 118 valence electrons. The number of esters is 1. The molecule has 0 bridgehead atoms. The van der Waals surface area contributed by atoms with E-state index >= 15 is 0 Å². The van der Waals surface area contributed by atoms with Gasteiger partial charge in [0, 0.05) is 6.04 Å². The molecule has 4 nitrogen and oxygen atoms in total. The number of carbonyl (C=O) groups is 1. The van der Waals surface area contributed by atoms with Gasteiger partial charge in [-0.25, -0.2) is 4.79 Å². The standard InChI is InChI=1S/C17H27NO3/c1-5-7-16(17(19)20-6-2)21-15-9-8-12(3)10-14(15)11-13(4)18/h8-10,13,16H,5-7,11,18H2,1-4H3. The van der Waals surface area contributed by atoms with E-state index in [1.807, 2.05) is 32.9 Å². The summed E-state index contributed by atoms with van der Waals surface area (Å²) in [6.45, 7) is 8.18. The molecule has 0 fully saturated rings. The van der Waals surface area contributed by atoms with Gasteiger partial charge in [0.25, 0.3) is 0 Å². The number of hydrogen-bond acceptors (Lipinski definition) is 4. The summed E-state index contributed by atoms with van der Waals surface area (Å²) in [5.41, 5.74) is 8.08. The third kappa shape index (κ3) is 5.76. The van der Waals surface area contributed by atoms with Gasteiger partial charge in [0.05, 0.1) is 6.61 Å². The van der Waals surface area contributed by atoms with Crippen LogP contribution in [-0.4, -0.2) is 24.7 Å². The van der Waals surface area contributed by atoms with Gasteiger partial charge in [0.2, 0.25) is 0 Å². The van der Waals surface area contributed by atoms with Gasteiger partial charge in [-0.3, -0.25) is 0 Å². The van der Waals surface area contributed by atoms with Gasteiger partial charge < -0.3 is 15.2 Å². The van der Waals surface area contributed by atoms with Crippen LogP contribution in [0.4, 0.5) is 0 Å². The Morgan fingerprint density at radius 3 is 2.62 bits per heavy atom. The Labute approximate surface area is 127 Å². The molecule has 0 spiro atoms. The van der Waals surface area contributed by atoms with Gasteiger partial charge in [-0.15, -0.1) is 0 Å². The maximum Gasteiger partial charge on any atom is 0.347 e. The van der Waals surface area contributed by atoms with E-state index in [0.717, 1.165) is 29.7 Å². The molecule has 1 aromatic carbocycles. The van der Waals surface area contributed by atoms with Crippen LogP contribution in [0.25, 0.3) is 0 Å². The fraction of sp³-hybridized carbons (Fsp3) is 0.588. The molecular formula is C17H27NO3. The van der Waals surface area contributed by atoms with E-state index in [0.29, 0.717) is 13.0 Å². The first-order valence-electron chi connectivity index (χ1n) is 7.66. The lowest BCUT2D eigenvalue weighted by molar-refractivity contribution is -0.151. The van der Waals surface area contributed by atoms with Crippen LogP contribution in [0.15, 0.2) is 18.2 Å². The van der Waals surface area contributed by atoms with E-state index < -0.39 is 6.10 Å². The summed E-state index contributed by atoms with van der Waals surface area (Å²) in [6, 6.07) is 6.00. The van der Waals surface area contributed by atoms with E-state index in [1.54, 1.807) is 6.92 Å². The monoisotopic (exact) mass is 293 g/mol. The zero-order valence-corrected chi connectivity index (χ0v) is 13.5. The molecule has 0 aromatic heterocycles. The third-order valence-corrected chi connectivity index (χ3v) is 3.13. The highest BCUT2D eigenvalue weighted by molar-refractivity contribution is 5.75. The minimum Gasteiger partial charge on any atom is -0.478 e. The maximum absolute atomic E-state index is 12.0. The molecule has 0 aliphatic carbocycles. The number of aryl methyl sites for hydroxylation is 1. The molecule has 0 aliphatic rings. The zero-order valence-electron chi connectivity index (χ0n) is 13.5. The topological polar surface area (TPSA) is 61.5 Å². The molecule has 0 heterocycles. The lowest BCUT2D eigenvalue weighted by Gasteiger charge is -2.20. The first-order chi connectivity index (χ1) is 9.97. The molecule has 2 N–H and O–H groups in total. The van der Waals surface area contributed by atoms with Crippen molar-refractivity contribution >= 4 is 5.97 Å². The Hall–Kier alpha value is -1.55. The summed E-state index contributed by atoms with van der Waals surface area (Å²) in [7, 11) is 0. The Bertz CT molecular complexity index is 457. The average molecular weight is 293 g/mol. The molecule has 2 unspecified atom stereocenters. The molecule has 0 aliphatic heterocycles. The molecule has 0 radical (unpaired) electrons. The lowest BCUT2D eigenvalue weighted by Crippen LogP contribution is -2.30. The SMILES string of the molecule is CCCC(Oc1ccc(C)cc1CC(C)N)C(=O)OCC. The highest BCUT2D eigenvalue weighted by Crippen LogP contribution is 2.24. The molecular weight excluding hydrogens is 266 g/mol. The Morgan fingerprint density at radius 2 is 2.05 bits per heavy atom. The highest BCUT2D eigenvalue weighted by atomic mass is 16.6. The van der Waals surface area contributed by atoms with Gasteiger partial charge in [-0.1, -0.05) is 31.0 Å². The van der Waals surface area contributed by atoms with Crippen LogP contribution in [0, 0.1) is 6.92 Å².